The van der Waals surface area contributed by atoms with Crippen LogP contribution in [0, 0.1) is 0 Å². The van der Waals surface area contributed by atoms with Crippen molar-refractivity contribution in [1.29, 1.82) is 0 Å². The van der Waals surface area contributed by atoms with Gasteiger partial charge < -0.3 is 15.2 Å². The van der Waals surface area contributed by atoms with Gasteiger partial charge in [-0.3, -0.25) is 0 Å². The standard InChI is InChI=1S/C12H17NO2/c1-2-15-8-4-7-13-10-11-5-3-6-12(14)9-11/h2-3,5-6,9,13-14H,1,4,7-8,10H2. The van der Waals surface area contributed by atoms with E-state index in [-0.39, 0.29) is 0 Å². The minimum atomic E-state index is 0.310. The van der Waals surface area contributed by atoms with E-state index in [1.54, 1.807) is 12.1 Å². The summed E-state index contributed by atoms with van der Waals surface area (Å²) < 4.78 is 4.99. The molecular weight excluding hydrogens is 190 g/mol. The van der Waals surface area contributed by atoms with Gasteiger partial charge in [-0.15, -0.1) is 0 Å². The van der Waals surface area contributed by atoms with Gasteiger partial charge in [0, 0.05) is 6.54 Å². The van der Waals surface area contributed by atoms with Gasteiger partial charge in [-0.2, -0.15) is 0 Å². The maximum Gasteiger partial charge on any atom is 0.115 e. The molecule has 0 aromatic heterocycles. The monoisotopic (exact) mass is 207 g/mol. The lowest BCUT2D eigenvalue weighted by molar-refractivity contribution is 0.244. The fourth-order valence-corrected chi connectivity index (χ4v) is 1.26. The molecule has 0 bridgehead atoms. The van der Waals surface area contributed by atoms with Crippen molar-refractivity contribution in [2.24, 2.45) is 0 Å². The molecule has 82 valence electrons. The largest absolute Gasteiger partial charge is 0.508 e. The van der Waals surface area contributed by atoms with Crippen molar-refractivity contribution in [3.63, 3.8) is 0 Å². The molecule has 0 saturated carbocycles. The number of phenolic OH excluding ortho intramolecular Hbond substituents is 1. The van der Waals surface area contributed by atoms with Crippen LogP contribution in [0.25, 0.3) is 0 Å². The summed E-state index contributed by atoms with van der Waals surface area (Å²) in [5.74, 6) is 0.310. The number of rotatable bonds is 7. The third-order valence-electron chi connectivity index (χ3n) is 1.97. The van der Waals surface area contributed by atoms with E-state index in [1.165, 1.54) is 6.26 Å². The summed E-state index contributed by atoms with van der Waals surface area (Å²) in [5, 5.41) is 12.5. The number of phenols is 1. The number of benzene rings is 1. The fourth-order valence-electron chi connectivity index (χ4n) is 1.26. The van der Waals surface area contributed by atoms with Crippen LogP contribution in [-0.2, 0) is 11.3 Å². The van der Waals surface area contributed by atoms with Crippen LogP contribution < -0.4 is 5.32 Å². The predicted molar refractivity (Wildman–Crippen MR) is 60.6 cm³/mol. The highest BCUT2D eigenvalue weighted by Crippen LogP contribution is 2.10. The maximum absolute atomic E-state index is 9.23. The van der Waals surface area contributed by atoms with Crippen LogP contribution in [0.4, 0.5) is 0 Å². The molecule has 0 radical (unpaired) electrons. The topological polar surface area (TPSA) is 41.5 Å². The zero-order valence-corrected chi connectivity index (χ0v) is 8.78. The molecule has 2 N–H and O–H groups in total. The average Bonchev–Trinajstić information content (AvgIpc) is 2.23. The zero-order chi connectivity index (χ0) is 10.9. The maximum atomic E-state index is 9.23. The summed E-state index contributed by atoms with van der Waals surface area (Å²) >= 11 is 0. The van der Waals surface area contributed by atoms with Gasteiger partial charge in [-0.05, 0) is 30.7 Å². The van der Waals surface area contributed by atoms with E-state index in [2.05, 4.69) is 11.9 Å². The molecule has 0 aliphatic rings. The van der Waals surface area contributed by atoms with Gasteiger partial charge in [-0.25, -0.2) is 0 Å². The summed E-state index contributed by atoms with van der Waals surface area (Å²) in [6.07, 6.45) is 2.40. The first-order valence-corrected chi connectivity index (χ1v) is 5.04. The third kappa shape index (κ3) is 5.08. The smallest absolute Gasteiger partial charge is 0.115 e. The molecule has 1 aromatic rings. The highest BCUT2D eigenvalue weighted by molar-refractivity contribution is 5.26. The quantitative estimate of drug-likeness (QED) is 0.531. The predicted octanol–water partition coefficient (Wildman–Crippen LogP) is 2.03. The molecule has 0 heterocycles. The Hall–Kier alpha value is -1.48. The molecule has 0 unspecified atom stereocenters. The molecule has 3 nitrogen and oxygen atoms in total. The van der Waals surface area contributed by atoms with Crippen molar-refractivity contribution in [3.8, 4) is 5.75 Å². The van der Waals surface area contributed by atoms with Crippen LogP contribution in [0.5, 0.6) is 5.75 Å². The minimum Gasteiger partial charge on any atom is -0.508 e. The van der Waals surface area contributed by atoms with Crippen LogP contribution in [0.3, 0.4) is 0 Å². The van der Waals surface area contributed by atoms with E-state index in [9.17, 15) is 5.11 Å². The van der Waals surface area contributed by atoms with Crippen LogP contribution >= 0.6 is 0 Å². The zero-order valence-electron chi connectivity index (χ0n) is 8.78. The molecule has 15 heavy (non-hydrogen) atoms. The van der Waals surface area contributed by atoms with Gasteiger partial charge in [0.15, 0.2) is 0 Å². The van der Waals surface area contributed by atoms with Gasteiger partial charge in [0.25, 0.3) is 0 Å². The number of ether oxygens (including phenoxy) is 1. The molecule has 1 rings (SSSR count). The number of nitrogens with one attached hydrogen (secondary N) is 1. The lowest BCUT2D eigenvalue weighted by Crippen LogP contribution is -2.15. The lowest BCUT2D eigenvalue weighted by Gasteiger charge is -2.05. The number of aromatic hydroxyl groups is 1. The van der Waals surface area contributed by atoms with Crippen molar-refractivity contribution in [3.05, 3.63) is 42.7 Å². The summed E-state index contributed by atoms with van der Waals surface area (Å²) in [6, 6.07) is 7.24. The molecule has 3 heteroatoms. The van der Waals surface area contributed by atoms with E-state index in [0.717, 1.165) is 25.1 Å². The van der Waals surface area contributed by atoms with Crippen molar-refractivity contribution >= 4 is 0 Å². The van der Waals surface area contributed by atoms with Crippen molar-refractivity contribution in [2.45, 2.75) is 13.0 Å². The fraction of sp³-hybridized carbons (Fsp3) is 0.333. The second-order valence-corrected chi connectivity index (χ2v) is 3.24. The van der Waals surface area contributed by atoms with Gasteiger partial charge in [-0.1, -0.05) is 18.7 Å². The Labute approximate surface area is 90.4 Å². The Morgan fingerprint density at radius 1 is 1.47 bits per heavy atom. The lowest BCUT2D eigenvalue weighted by atomic mass is 10.2. The molecule has 0 aliphatic carbocycles. The molecule has 0 atom stereocenters. The first-order valence-electron chi connectivity index (χ1n) is 5.04. The molecule has 1 aromatic carbocycles. The van der Waals surface area contributed by atoms with E-state index >= 15 is 0 Å². The Bertz CT molecular complexity index is 299. The molecule has 0 saturated heterocycles. The first kappa shape index (κ1) is 11.6. The normalized spacial score (nSPS) is 9.87. The second-order valence-electron chi connectivity index (χ2n) is 3.24. The van der Waals surface area contributed by atoms with E-state index < -0.39 is 0 Å². The van der Waals surface area contributed by atoms with Gasteiger partial charge in [0.05, 0.1) is 12.9 Å². The van der Waals surface area contributed by atoms with E-state index in [0.29, 0.717) is 12.4 Å². The van der Waals surface area contributed by atoms with Gasteiger partial charge in [0.1, 0.15) is 5.75 Å². The SMILES string of the molecule is C=COCCCNCc1cccc(O)c1. The Morgan fingerprint density at radius 2 is 2.33 bits per heavy atom. The van der Waals surface area contributed by atoms with Crippen molar-refractivity contribution in [2.75, 3.05) is 13.2 Å². The molecule has 0 amide bonds. The second kappa shape index (κ2) is 6.90. The van der Waals surface area contributed by atoms with E-state index in [1.807, 2.05) is 12.1 Å². The van der Waals surface area contributed by atoms with Crippen LogP contribution in [-0.4, -0.2) is 18.3 Å². The van der Waals surface area contributed by atoms with Crippen molar-refractivity contribution in [1.82, 2.24) is 5.32 Å². The summed E-state index contributed by atoms with van der Waals surface area (Å²) in [7, 11) is 0. The minimum absolute atomic E-state index is 0.310. The van der Waals surface area contributed by atoms with Gasteiger partial charge >= 0.3 is 0 Å². The first-order chi connectivity index (χ1) is 7.33. The summed E-state index contributed by atoms with van der Waals surface area (Å²) in [4.78, 5) is 0. The highest BCUT2D eigenvalue weighted by Gasteiger charge is 1.93. The molecule has 0 aliphatic heterocycles. The van der Waals surface area contributed by atoms with Crippen LogP contribution in [0.15, 0.2) is 37.1 Å². The third-order valence-corrected chi connectivity index (χ3v) is 1.97. The molecular formula is C12H17NO2. The summed E-state index contributed by atoms with van der Waals surface area (Å²) in [5.41, 5.74) is 1.08. The van der Waals surface area contributed by atoms with Crippen molar-refractivity contribution < 1.29 is 9.84 Å². The van der Waals surface area contributed by atoms with E-state index in [4.69, 9.17) is 4.74 Å². The Morgan fingerprint density at radius 3 is 3.07 bits per heavy atom. The summed E-state index contributed by atoms with van der Waals surface area (Å²) in [6.45, 7) is 5.82. The Balaban J connectivity index is 2.12. The molecule has 0 spiro atoms. The van der Waals surface area contributed by atoms with Gasteiger partial charge in [0.2, 0.25) is 0 Å². The Kier molecular flexibility index (Phi) is 5.33. The van der Waals surface area contributed by atoms with Crippen LogP contribution in [0.2, 0.25) is 0 Å². The highest BCUT2D eigenvalue weighted by atomic mass is 16.5. The number of hydrogen-bond acceptors (Lipinski definition) is 3. The number of hydrogen-bond donors (Lipinski definition) is 2. The van der Waals surface area contributed by atoms with Crippen LogP contribution in [0.1, 0.15) is 12.0 Å². The average molecular weight is 207 g/mol. The molecule has 0 fully saturated rings.